The van der Waals surface area contributed by atoms with E-state index in [-0.39, 0.29) is 11.9 Å². The average Bonchev–Trinajstić information content (AvgIpc) is 2.90. The molecule has 1 heterocycles. The number of likely N-dealkylation sites (tertiary alicyclic amines) is 1. The van der Waals surface area contributed by atoms with Gasteiger partial charge in [0.05, 0.1) is 21.3 Å². The number of hydrogen-bond acceptors (Lipinski definition) is 5. The van der Waals surface area contributed by atoms with Gasteiger partial charge in [0.2, 0.25) is 0 Å². The number of anilines is 1. The fourth-order valence-electron chi connectivity index (χ4n) is 4.73. The number of benzene rings is 3. The van der Waals surface area contributed by atoms with E-state index in [9.17, 15) is 4.79 Å². The quantitative estimate of drug-likeness (QED) is 0.442. The molecule has 1 saturated heterocycles. The average molecular weight is 475 g/mol. The second-order valence-electron chi connectivity index (χ2n) is 8.90. The maximum Gasteiger partial charge on any atom is 0.258 e. The summed E-state index contributed by atoms with van der Waals surface area (Å²) in [6, 6.07) is 21.7. The summed E-state index contributed by atoms with van der Waals surface area (Å²) in [4.78, 5) is 18.1. The fourth-order valence-corrected chi connectivity index (χ4v) is 4.73. The fraction of sp³-hybridized carbons (Fsp3) is 0.345. The second kappa shape index (κ2) is 11.3. The molecule has 0 aromatic heterocycles. The molecule has 0 spiro atoms. The number of carbonyl (C=O) groups is 1. The van der Waals surface area contributed by atoms with Crippen molar-refractivity contribution in [3.05, 3.63) is 83.4 Å². The summed E-state index contributed by atoms with van der Waals surface area (Å²) < 4.78 is 16.3. The molecule has 1 aliphatic heterocycles. The van der Waals surface area contributed by atoms with Gasteiger partial charge in [0.25, 0.3) is 5.91 Å². The first-order valence-electron chi connectivity index (χ1n) is 12.0. The van der Waals surface area contributed by atoms with Crippen LogP contribution in [0.1, 0.15) is 34.3 Å². The van der Waals surface area contributed by atoms with Gasteiger partial charge in [0.1, 0.15) is 5.75 Å². The third-order valence-electron chi connectivity index (χ3n) is 6.67. The van der Waals surface area contributed by atoms with Gasteiger partial charge in [0, 0.05) is 42.5 Å². The van der Waals surface area contributed by atoms with Crippen LogP contribution < -0.4 is 19.1 Å². The first kappa shape index (κ1) is 24.6. The molecule has 1 fully saturated rings. The third-order valence-corrected chi connectivity index (χ3v) is 6.67. The van der Waals surface area contributed by atoms with Crippen molar-refractivity contribution in [3.8, 4) is 17.2 Å². The van der Waals surface area contributed by atoms with Gasteiger partial charge < -0.3 is 19.1 Å². The first-order valence-corrected chi connectivity index (χ1v) is 12.0. The van der Waals surface area contributed by atoms with Crippen molar-refractivity contribution in [2.45, 2.75) is 32.4 Å². The van der Waals surface area contributed by atoms with E-state index in [1.165, 1.54) is 5.56 Å². The highest BCUT2D eigenvalue weighted by atomic mass is 16.5. The highest BCUT2D eigenvalue weighted by molar-refractivity contribution is 6.06. The maximum atomic E-state index is 13.7. The number of piperidine rings is 1. The minimum atomic E-state index is 0.0180. The Bertz CT molecular complexity index is 1120. The van der Waals surface area contributed by atoms with Crippen molar-refractivity contribution in [2.24, 2.45) is 0 Å². The zero-order valence-electron chi connectivity index (χ0n) is 21.0. The molecule has 6 heteroatoms. The van der Waals surface area contributed by atoms with E-state index >= 15 is 0 Å². The van der Waals surface area contributed by atoms with Gasteiger partial charge in [-0.25, -0.2) is 0 Å². The number of rotatable bonds is 8. The smallest absolute Gasteiger partial charge is 0.258 e. The lowest BCUT2D eigenvalue weighted by molar-refractivity contribution is 0.0958. The number of methoxy groups -OCH3 is 3. The van der Waals surface area contributed by atoms with Crippen LogP contribution >= 0.6 is 0 Å². The predicted molar refractivity (Wildman–Crippen MR) is 139 cm³/mol. The number of para-hydroxylation sites is 1. The van der Waals surface area contributed by atoms with E-state index < -0.39 is 0 Å². The topological polar surface area (TPSA) is 51.2 Å². The normalized spacial score (nSPS) is 14.4. The monoisotopic (exact) mass is 474 g/mol. The van der Waals surface area contributed by atoms with Crippen molar-refractivity contribution in [3.63, 3.8) is 0 Å². The summed E-state index contributed by atoms with van der Waals surface area (Å²) in [6.45, 7) is 4.63. The van der Waals surface area contributed by atoms with E-state index in [0.717, 1.165) is 61.0 Å². The molecule has 184 valence electrons. The molecule has 0 saturated carbocycles. The van der Waals surface area contributed by atoms with Crippen LogP contribution in [-0.2, 0) is 6.54 Å². The van der Waals surface area contributed by atoms with Crippen LogP contribution in [0.15, 0.2) is 66.7 Å². The zero-order chi connectivity index (χ0) is 24.8. The van der Waals surface area contributed by atoms with Gasteiger partial charge in [0.15, 0.2) is 11.5 Å². The van der Waals surface area contributed by atoms with Crippen molar-refractivity contribution in [1.82, 2.24) is 4.90 Å². The van der Waals surface area contributed by atoms with Gasteiger partial charge >= 0.3 is 0 Å². The number of hydrogen-bond donors (Lipinski definition) is 0. The number of carbonyl (C=O) groups excluding carboxylic acids is 1. The van der Waals surface area contributed by atoms with E-state index in [2.05, 4.69) is 30.0 Å². The lowest BCUT2D eigenvalue weighted by atomic mass is 9.99. The van der Waals surface area contributed by atoms with Gasteiger partial charge in [-0.05, 0) is 62.2 Å². The SMILES string of the molecule is COc1ccc(C(=O)N(c2ccc(C)cc2)C2CCN(Cc3cccc(OC)c3OC)CC2)cc1. The van der Waals surface area contributed by atoms with Crippen LogP contribution in [0.3, 0.4) is 0 Å². The highest BCUT2D eigenvalue weighted by Gasteiger charge is 2.30. The second-order valence-corrected chi connectivity index (χ2v) is 8.90. The Hall–Kier alpha value is -3.51. The van der Waals surface area contributed by atoms with E-state index in [0.29, 0.717) is 5.56 Å². The molecule has 35 heavy (non-hydrogen) atoms. The number of aryl methyl sites for hydroxylation is 1. The summed E-state index contributed by atoms with van der Waals surface area (Å²) in [5.74, 6) is 2.29. The lowest BCUT2D eigenvalue weighted by Crippen LogP contribution is -2.47. The molecule has 0 aliphatic carbocycles. The van der Waals surface area contributed by atoms with Crippen molar-refractivity contribution in [1.29, 1.82) is 0 Å². The summed E-state index contributed by atoms with van der Waals surface area (Å²) in [5.41, 5.74) is 3.88. The first-order chi connectivity index (χ1) is 17.0. The minimum absolute atomic E-state index is 0.0180. The molecule has 4 rings (SSSR count). The molecule has 1 amide bonds. The number of nitrogens with zero attached hydrogens (tertiary/aromatic N) is 2. The molecule has 0 atom stereocenters. The summed E-state index contributed by atoms with van der Waals surface area (Å²) >= 11 is 0. The molecule has 0 unspecified atom stereocenters. The Kier molecular flexibility index (Phi) is 7.93. The number of ether oxygens (including phenoxy) is 3. The van der Waals surface area contributed by atoms with Crippen LogP contribution in [-0.4, -0.2) is 51.3 Å². The van der Waals surface area contributed by atoms with Crippen LogP contribution in [0.4, 0.5) is 5.69 Å². The van der Waals surface area contributed by atoms with Crippen LogP contribution in [0.25, 0.3) is 0 Å². The lowest BCUT2D eigenvalue weighted by Gasteiger charge is -2.39. The largest absolute Gasteiger partial charge is 0.497 e. The highest BCUT2D eigenvalue weighted by Crippen LogP contribution is 2.33. The summed E-state index contributed by atoms with van der Waals surface area (Å²) in [7, 11) is 4.97. The van der Waals surface area contributed by atoms with Crippen LogP contribution in [0.2, 0.25) is 0 Å². The molecular formula is C29H34N2O4. The van der Waals surface area contributed by atoms with Gasteiger partial charge in [-0.1, -0.05) is 29.8 Å². The van der Waals surface area contributed by atoms with Gasteiger partial charge in [-0.15, -0.1) is 0 Å². The van der Waals surface area contributed by atoms with Gasteiger partial charge in [-0.2, -0.15) is 0 Å². The molecule has 0 radical (unpaired) electrons. The molecule has 6 nitrogen and oxygen atoms in total. The van der Waals surface area contributed by atoms with E-state index in [1.54, 1.807) is 21.3 Å². The third kappa shape index (κ3) is 5.60. The summed E-state index contributed by atoms with van der Waals surface area (Å²) in [5, 5.41) is 0. The Balaban J connectivity index is 1.51. The minimum Gasteiger partial charge on any atom is -0.497 e. The van der Waals surface area contributed by atoms with Gasteiger partial charge in [-0.3, -0.25) is 9.69 Å². The molecule has 0 N–H and O–H groups in total. The van der Waals surface area contributed by atoms with Crippen LogP contribution in [0.5, 0.6) is 17.2 Å². The maximum absolute atomic E-state index is 13.7. The Labute approximate surface area is 208 Å². The van der Waals surface area contributed by atoms with Crippen molar-refractivity contribution in [2.75, 3.05) is 39.3 Å². The molecule has 3 aromatic rings. The van der Waals surface area contributed by atoms with E-state index in [4.69, 9.17) is 14.2 Å². The Morgan fingerprint density at radius 1 is 0.886 bits per heavy atom. The summed E-state index contributed by atoms with van der Waals surface area (Å²) in [6.07, 6.45) is 1.78. The van der Waals surface area contributed by atoms with Crippen molar-refractivity contribution >= 4 is 11.6 Å². The molecule has 3 aromatic carbocycles. The van der Waals surface area contributed by atoms with Crippen molar-refractivity contribution < 1.29 is 19.0 Å². The molecular weight excluding hydrogens is 440 g/mol. The Morgan fingerprint density at radius 2 is 1.57 bits per heavy atom. The standard InChI is InChI=1S/C29H34N2O4/c1-21-8-12-24(13-9-21)31(29(32)22-10-14-26(33-2)15-11-22)25-16-18-30(19-17-25)20-23-6-5-7-27(34-3)28(23)35-4/h5-15,25H,16-20H2,1-4H3. The van der Waals surface area contributed by atoms with E-state index in [1.807, 2.05) is 53.4 Å². The number of amides is 1. The predicted octanol–water partition coefficient (Wildman–Crippen LogP) is 5.33. The molecule has 1 aliphatic rings. The zero-order valence-corrected chi connectivity index (χ0v) is 21.0. The molecule has 0 bridgehead atoms. The van der Waals surface area contributed by atoms with Crippen LogP contribution in [0, 0.1) is 6.92 Å². The Morgan fingerprint density at radius 3 is 2.17 bits per heavy atom.